The highest BCUT2D eigenvalue weighted by Crippen LogP contribution is 2.46. The van der Waals surface area contributed by atoms with Crippen LogP contribution in [0, 0.1) is 12.8 Å². The van der Waals surface area contributed by atoms with Gasteiger partial charge in [-0.25, -0.2) is 0 Å². The summed E-state index contributed by atoms with van der Waals surface area (Å²) in [5.74, 6) is 0.490. The zero-order valence-electron chi connectivity index (χ0n) is 16.2. The molecule has 0 bridgehead atoms. The molecule has 1 N–H and O–H groups in total. The van der Waals surface area contributed by atoms with E-state index in [1.807, 2.05) is 13.0 Å². The van der Waals surface area contributed by atoms with Gasteiger partial charge in [-0.3, -0.25) is 0 Å². The monoisotopic (exact) mass is 346 g/mol. The van der Waals surface area contributed by atoms with E-state index in [4.69, 9.17) is 0 Å². The first-order valence-corrected chi connectivity index (χ1v) is 9.81. The van der Waals surface area contributed by atoms with Gasteiger partial charge >= 0.3 is 0 Å². The first-order valence-electron chi connectivity index (χ1n) is 9.81. The molecule has 0 aromatic heterocycles. The van der Waals surface area contributed by atoms with Gasteiger partial charge in [-0.2, -0.15) is 0 Å². The molecule has 1 aromatic rings. The molecule has 0 unspecified atom stereocenters. The lowest BCUT2D eigenvalue weighted by atomic mass is 9.81. The third-order valence-corrected chi connectivity index (χ3v) is 4.90. The Morgan fingerprint density at radius 2 is 1.88 bits per heavy atom. The standard InChI is InChI=1S/C17H25N2O.C3H7.C2H4.H2/c1-2-3-4-5-9-16-14-11-12-19(20)17(14)13-8-6-7-10-15(13)18-16;1-3-2;1-2;/h6-8,10,14,16-18H,2-5,9,11-12H2,1H3;1,3H2,2H3;1-2H2;1H/t14-,16+,17+;;;/m0.../s1. The van der Waals surface area contributed by atoms with E-state index in [1.165, 1.54) is 48.4 Å². The minimum Gasteiger partial charge on any atom is -0.382 e. The molecule has 3 heteroatoms. The number of hydrogen-bond donors (Lipinski definition) is 1. The van der Waals surface area contributed by atoms with Crippen molar-refractivity contribution in [2.75, 3.05) is 11.9 Å². The summed E-state index contributed by atoms with van der Waals surface area (Å²) < 4.78 is 0. The summed E-state index contributed by atoms with van der Waals surface area (Å²) in [5, 5.41) is 17.2. The molecule has 2 radical (unpaired) electrons. The van der Waals surface area contributed by atoms with Gasteiger partial charge in [-0.1, -0.05) is 71.1 Å². The van der Waals surface area contributed by atoms with Crippen LogP contribution in [0.1, 0.15) is 71.8 Å². The van der Waals surface area contributed by atoms with Crippen molar-refractivity contribution in [1.82, 2.24) is 5.06 Å². The van der Waals surface area contributed by atoms with Crippen molar-refractivity contribution < 1.29 is 6.63 Å². The summed E-state index contributed by atoms with van der Waals surface area (Å²) in [6, 6.07) is 8.91. The molecule has 3 nitrogen and oxygen atoms in total. The maximum Gasteiger partial charge on any atom is 0.0701 e. The predicted octanol–water partition coefficient (Wildman–Crippen LogP) is 6.44. The summed E-state index contributed by atoms with van der Waals surface area (Å²) in [6.45, 7) is 14.4. The molecule has 2 heterocycles. The molecule has 3 atom stereocenters. The fraction of sp³-hybridized carbons (Fsp3) is 0.591. The van der Waals surface area contributed by atoms with E-state index < -0.39 is 0 Å². The van der Waals surface area contributed by atoms with Gasteiger partial charge in [-0.15, -0.1) is 23.4 Å². The topological polar surface area (TPSA) is 35.2 Å². The van der Waals surface area contributed by atoms with E-state index in [0.717, 1.165) is 12.8 Å². The van der Waals surface area contributed by atoms with E-state index in [0.29, 0.717) is 18.5 Å². The maximum absolute atomic E-state index is 12.2. The largest absolute Gasteiger partial charge is 0.382 e. The second-order valence-electron chi connectivity index (χ2n) is 6.73. The smallest absolute Gasteiger partial charge is 0.0701 e. The van der Waals surface area contributed by atoms with E-state index >= 15 is 0 Å². The molecule has 0 aliphatic carbocycles. The zero-order valence-corrected chi connectivity index (χ0v) is 16.2. The number of unbranched alkanes of at least 4 members (excludes halogenated alkanes) is 3. The van der Waals surface area contributed by atoms with Crippen LogP contribution in [0.3, 0.4) is 0 Å². The summed E-state index contributed by atoms with van der Waals surface area (Å²) in [6.07, 6.45) is 8.42. The van der Waals surface area contributed by atoms with Crippen molar-refractivity contribution >= 4 is 5.69 Å². The number of anilines is 1. The highest BCUT2D eigenvalue weighted by atomic mass is 16.5. The van der Waals surface area contributed by atoms with Gasteiger partial charge in [0.15, 0.2) is 0 Å². The molecule has 142 valence electrons. The molecule has 0 saturated carbocycles. The molecule has 1 aromatic carbocycles. The number of fused-ring (bicyclic) bond motifs is 3. The highest BCUT2D eigenvalue weighted by Gasteiger charge is 2.43. The second kappa shape index (κ2) is 12.1. The van der Waals surface area contributed by atoms with Crippen LogP contribution in [0.2, 0.25) is 0 Å². The van der Waals surface area contributed by atoms with Crippen LogP contribution in [0.15, 0.2) is 37.4 Å². The van der Waals surface area contributed by atoms with Crippen LogP contribution in [-0.2, 0) is 5.21 Å². The van der Waals surface area contributed by atoms with E-state index in [-0.39, 0.29) is 7.47 Å². The summed E-state index contributed by atoms with van der Waals surface area (Å²) in [4.78, 5) is 0. The number of nitrogens with one attached hydrogen (secondary N) is 1. The Labute approximate surface area is 156 Å². The van der Waals surface area contributed by atoms with Gasteiger partial charge in [0, 0.05) is 25.6 Å². The van der Waals surface area contributed by atoms with Crippen LogP contribution in [0.4, 0.5) is 5.69 Å². The van der Waals surface area contributed by atoms with Crippen LogP contribution >= 0.6 is 0 Å². The van der Waals surface area contributed by atoms with Crippen LogP contribution in [0.5, 0.6) is 0 Å². The van der Waals surface area contributed by atoms with E-state index in [1.54, 1.807) is 0 Å². The Bertz CT molecular complexity index is 483. The van der Waals surface area contributed by atoms with Crippen molar-refractivity contribution in [3.8, 4) is 0 Å². The fourth-order valence-corrected chi connectivity index (χ4v) is 3.86. The normalized spacial score (nSPS) is 23.9. The molecular formula is C22H38N2O. The SMILES string of the molecule is C=C.CCCCCC[C@H]1Nc2ccccc2[C@@H]2[C@H]1CCN2[O].[CH2]CC.[HH]. The lowest BCUT2D eigenvalue weighted by Gasteiger charge is -2.37. The van der Waals surface area contributed by atoms with Gasteiger partial charge in [0.05, 0.1) is 6.04 Å². The first kappa shape index (κ1) is 21.7. The van der Waals surface area contributed by atoms with Gasteiger partial charge in [0.1, 0.15) is 0 Å². The third kappa shape index (κ3) is 5.86. The number of benzene rings is 1. The Balaban J connectivity index is 0.000000949. The molecule has 1 saturated heterocycles. The maximum atomic E-state index is 12.2. The molecule has 25 heavy (non-hydrogen) atoms. The van der Waals surface area contributed by atoms with Crippen molar-refractivity contribution in [2.24, 2.45) is 5.92 Å². The van der Waals surface area contributed by atoms with Crippen molar-refractivity contribution in [1.29, 1.82) is 0 Å². The minimum atomic E-state index is 0. The molecular weight excluding hydrogens is 308 g/mol. The Hall–Kier alpha value is -1.32. The number of para-hydroxylation sites is 1. The summed E-state index contributed by atoms with van der Waals surface area (Å²) in [7, 11) is 0. The average Bonchev–Trinajstić information content (AvgIpc) is 3.03. The summed E-state index contributed by atoms with van der Waals surface area (Å²) in [5.41, 5.74) is 2.38. The van der Waals surface area contributed by atoms with Crippen LogP contribution in [-0.4, -0.2) is 17.6 Å². The lowest BCUT2D eigenvalue weighted by Crippen LogP contribution is -2.38. The van der Waals surface area contributed by atoms with Crippen molar-refractivity contribution in [3.05, 3.63) is 49.9 Å². The van der Waals surface area contributed by atoms with Crippen LogP contribution < -0.4 is 5.32 Å². The van der Waals surface area contributed by atoms with E-state index in [9.17, 15) is 5.21 Å². The van der Waals surface area contributed by atoms with Crippen LogP contribution in [0.25, 0.3) is 0 Å². The number of hydrogen-bond acceptors (Lipinski definition) is 2. The molecule has 0 spiro atoms. The second-order valence-corrected chi connectivity index (χ2v) is 6.73. The van der Waals surface area contributed by atoms with Gasteiger partial charge < -0.3 is 5.32 Å². The molecule has 2 aliphatic heterocycles. The Kier molecular flexibility index (Phi) is 10.5. The van der Waals surface area contributed by atoms with Crippen molar-refractivity contribution in [3.63, 3.8) is 0 Å². The van der Waals surface area contributed by atoms with Gasteiger partial charge in [0.2, 0.25) is 0 Å². The van der Waals surface area contributed by atoms with Gasteiger partial charge in [-0.05, 0) is 24.5 Å². The Morgan fingerprint density at radius 3 is 2.56 bits per heavy atom. The number of rotatable bonds is 5. The number of hydroxylamine groups is 2. The highest BCUT2D eigenvalue weighted by molar-refractivity contribution is 5.56. The quantitative estimate of drug-likeness (QED) is 0.492. The Morgan fingerprint density at radius 1 is 1.20 bits per heavy atom. The minimum absolute atomic E-state index is 0. The molecule has 3 rings (SSSR count). The molecule has 2 aliphatic rings. The third-order valence-electron chi connectivity index (χ3n) is 4.90. The average molecular weight is 347 g/mol. The van der Waals surface area contributed by atoms with Crippen molar-refractivity contribution in [2.45, 2.75) is 70.9 Å². The summed E-state index contributed by atoms with van der Waals surface area (Å²) >= 11 is 0. The van der Waals surface area contributed by atoms with E-state index in [2.05, 4.69) is 50.5 Å². The number of nitrogens with zero attached hydrogens (tertiary/aromatic N) is 1. The predicted molar refractivity (Wildman–Crippen MR) is 110 cm³/mol. The fourth-order valence-electron chi connectivity index (χ4n) is 3.86. The first-order chi connectivity index (χ1) is 12.2. The molecule has 0 amide bonds. The van der Waals surface area contributed by atoms with Gasteiger partial charge in [0.25, 0.3) is 0 Å². The lowest BCUT2D eigenvalue weighted by molar-refractivity contribution is -0.174. The molecule has 1 fully saturated rings. The zero-order chi connectivity index (χ0) is 18.7.